The molecule has 4 rings (SSSR count). The van der Waals surface area contributed by atoms with E-state index < -0.39 is 0 Å². The maximum atomic E-state index is 12.7. The number of carbonyl (C=O) groups excluding carboxylic acids is 1. The molecule has 7 nitrogen and oxygen atoms in total. The van der Waals surface area contributed by atoms with Gasteiger partial charge in [-0.25, -0.2) is 0 Å². The van der Waals surface area contributed by atoms with E-state index in [1.54, 1.807) is 0 Å². The SMILES string of the molecule is CCN1CCN(c2ccc(NC(=O)CCn3c(-c4ccc(C)cc4)n[nH]c3=S)cc2C)CC1. The monoisotopic (exact) mass is 464 g/mol. The summed E-state index contributed by atoms with van der Waals surface area (Å²) in [6, 6.07) is 14.3. The minimum absolute atomic E-state index is 0.0448. The van der Waals surface area contributed by atoms with E-state index in [1.165, 1.54) is 16.8 Å². The van der Waals surface area contributed by atoms with Crippen molar-refractivity contribution in [3.63, 3.8) is 0 Å². The fourth-order valence-electron chi connectivity index (χ4n) is 4.28. The minimum Gasteiger partial charge on any atom is -0.369 e. The largest absolute Gasteiger partial charge is 0.369 e. The second kappa shape index (κ2) is 10.3. The number of hydrogen-bond acceptors (Lipinski definition) is 5. The third kappa shape index (κ3) is 5.51. The van der Waals surface area contributed by atoms with Crippen LogP contribution >= 0.6 is 12.2 Å². The fraction of sp³-hybridized carbons (Fsp3) is 0.400. The van der Waals surface area contributed by atoms with Gasteiger partial charge in [-0.05, 0) is 56.4 Å². The molecule has 174 valence electrons. The number of likely N-dealkylation sites (N-methyl/N-ethyl adjacent to an activating group) is 1. The number of piperazine rings is 1. The Morgan fingerprint density at radius 2 is 1.82 bits per heavy atom. The first-order valence-corrected chi connectivity index (χ1v) is 12.0. The van der Waals surface area contributed by atoms with E-state index in [0.717, 1.165) is 49.8 Å². The van der Waals surface area contributed by atoms with Crippen LogP contribution in [-0.2, 0) is 11.3 Å². The van der Waals surface area contributed by atoms with Crippen molar-refractivity contribution in [2.75, 3.05) is 42.9 Å². The molecule has 0 aliphatic carbocycles. The van der Waals surface area contributed by atoms with E-state index in [0.29, 0.717) is 17.7 Å². The Morgan fingerprint density at radius 1 is 1.09 bits per heavy atom. The molecule has 33 heavy (non-hydrogen) atoms. The number of nitrogens with zero attached hydrogens (tertiary/aromatic N) is 4. The van der Waals surface area contributed by atoms with Gasteiger partial charge in [0.05, 0.1) is 0 Å². The zero-order chi connectivity index (χ0) is 23.4. The van der Waals surface area contributed by atoms with Gasteiger partial charge in [-0.2, -0.15) is 5.10 Å². The van der Waals surface area contributed by atoms with Crippen LogP contribution in [0.3, 0.4) is 0 Å². The topological polar surface area (TPSA) is 69.2 Å². The Morgan fingerprint density at radius 3 is 2.48 bits per heavy atom. The van der Waals surface area contributed by atoms with Gasteiger partial charge in [-0.1, -0.05) is 36.8 Å². The van der Waals surface area contributed by atoms with Gasteiger partial charge in [-0.3, -0.25) is 14.5 Å². The van der Waals surface area contributed by atoms with Crippen molar-refractivity contribution in [2.24, 2.45) is 0 Å². The lowest BCUT2D eigenvalue weighted by Crippen LogP contribution is -2.46. The summed E-state index contributed by atoms with van der Waals surface area (Å²) in [5.41, 5.74) is 5.40. The van der Waals surface area contributed by atoms with Crippen LogP contribution in [0.5, 0.6) is 0 Å². The molecule has 0 saturated carbocycles. The number of nitrogens with one attached hydrogen (secondary N) is 2. The maximum absolute atomic E-state index is 12.7. The molecule has 1 aliphatic rings. The molecule has 1 saturated heterocycles. The van der Waals surface area contributed by atoms with Crippen LogP contribution in [-0.4, -0.2) is 58.3 Å². The molecule has 2 heterocycles. The van der Waals surface area contributed by atoms with Gasteiger partial charge in [0.2, 0.25) is 5.91 Å². The number of aromatic nitrogens is 3. The molecule has 1 fully saturated rings. The summed E-state index contributed by atoms with van der Waals surface area (Å²) in [5, 5.41) is 10.2. The molecule has 1 aliphatic heterocycles. The van der Waals surface area contributed by atoms with E-state index in [1.807, 2.05) is 41.8 Å². The van der Waals surface area contributed by atoms with Gasteiger partial charge in [0.25, 0.3) is 0 Å². The molecule has 1 aromatic heterocycles. The highest BCUT2D eigenvalue weighted by molar-refractivity contribution is 7.71. The molecule has 2 N–H and O–H groups in total. The highest BCUT2D eigenvalue weighted by atomic mass is 32.1. The highest BCUT2D eigenvalue weighted by Crippen LogP contribution is 2.25. The van der Waals surface area contributed by atoms with E-state index in [4.69, 9.17) is 12.2 Å². The highest BCUT2D eigenvalue weighted by Gasteiger charge is 2.17. The summed E-state index contributed by atoms with van der Waals surface area (Å²) in [7, 11) is 0. The van der Waals surface area contributed by atoms with Crippen LogP contribution in [0, 0.1) is 18.6 Å². The van der Waals surface area contributed by atoms with Crippen LogP contribution in [0.1, 0.15) is 24.5 Å². The second-order valence-electron chi connectivity index (χ2n) is 8.59. The second-order valence-corrected chi connectivity index (χ2v) is 8.98. The van der Waals surface area contributed by atoms with E-state index in [-0.39, 0.29) is 5.91 Å². The first kappa shape index (κ1) is 23.2. The molecule has 0 atom stereocenters. The maximum Gasteiger partial charge on any atom is 0.226 e. The van der Waals surface area contributed by atoms with Crippen molar-refractivity contribution in [3.05, 3.63) is 58.4 Å². The number of aryl methyl sites for hydroxylation is 2. The number of amides is 1. The van der Waals surface area contributed by atoms with Crippen molar-refractivity contribution in [3.8, 4) is 11.4 Å². The average molecular weight is 465 g/mol. The van der Waals surface area contributed by atoms with E-state index >= 15 is 0 Å². The summed E-state index contributed by atoms with van der Waals surface area (Å²) in [4.78, 5) is 17.6. The number of anilines is 2. The summed E-state index contributed by atoms with van der Waals surface area (Å²) in [6.45, 7) is 12.2. The first-order chi connectivity index (χ1) is 15.9. The van der Waals surface area contributed by atoms with Crippen molar-refractivity contribution in [1.29, 1.82) is 0 Å². The summed E-state index contributed by atoms with van der Waals surface area (Å²) in [6.07, 6.45) is 0.312. The van der Waals surface area contributed by atoms with E-state index in [2.05, 4.69) is 51.3 Å². The third-order valence-corrected chi connectivity index (χ3v) is 6.58. The Balaban J connectivity index is 1.37. The predicted molar refractivity (Wildman–Crippen MR) is 136 cm³/mol. The molecule has 1 amide bonds. The van der Waals surface area contributed by atoms with Gasteiger partial charge >= 0.3 is 0 Å². The van der Waals surface area contributed by atoms with Crippen molar-refractivity contribution in [2.45, 2.75) is 33.7 Å². The summed E-state index contributed by atoms with van der Waals surface area (Å²) in [5.74, 6) is 0.702. The zero-order valence-corrected chi connectivity index (χ0v) is 20.4. The van der Waals surface area contributed by atoms with Crippen LogP contribution < -0.4 is 10.2 Å². The molecule has 8 heteroatoms. The molecule has 0 bridgehead atoms. The zero-order valence-electron chi connectivity index (χ0n) is 19.6. The first-order valence-electron chi connectivity index (χ1n) is 11.5. The smallest absolute Gasteiger partial charge is 0.226 e. The van der Waals surface area contributed by atoms with Gasteiger partial charge in [0, 0.05) is 56.1 Å². The summed E-state index contributed by atoms with van der Waals surface area (Å²) < 4.78 is 2.39. The normalized spacial score (nSPS) is 14.5. The van der Waals surface area contributed by atoms with Crippen molar-refractivity contribution < 1.29 is 4.79 Å². The fourth-order valence-corrected chi connectivity index (χ4v) is 4.50. The van der Waals surface area contributed by atoms with Gasteiger partial charge in [0.1, 0.15) is 0 Å². The Kier molecular flexibility index (Phi) is 7.25. The van der Waals surface area contributed by atoms with Crippen LogP contribution in [0.4, 0.5) is 11.4 Å². The lowest BCUT2D eigenvalue weighted by atomic mass is 10.1. The van der Waals surface area contributed by atoms with Gasteiger partial charge < -0.3 is 15.1 Å². The third-order valence-electron chi connectivity index (χ3n) is 6.27. The van der Waals surface area contributed by atoms with Crippen LogP contribution in [0.2, 0.25) is 0 Å². The molecular weight excluding hydrogens is 432 g/mol. The average Bonchev–Trinajstić information content (AvgIpc) is 3.18. The molecule has 2 aromatic carbocycles. The van der Waals surface area contributed by atoms with Crippen LogP contribution in [0.25, 0.3) is 11.4 Å². The number of hydrogen-bond donors (Lipinski definition) is 2. The Hall–Kier alpha value is -2.97. The molecule has 3 aromatic rings. The quantitative estimate of drug-likeness (QED) is 0.508. The molecule has 0 radical (unpaired) electrons. The minimum atomic E-state index is -0.0448. The Bertz CT molecular complexity index is 1160. The number of aromatic amines is 1. The number of benzene rings is 2. The van der Waals surface area contributed by atoms with Crippen molar-refractivity contribution in [1.82, 2.24) is 19.7 Å². The molecular formula is C25H32N6OS. The lowest BCUT2D eigenvalue weighted by molar-refractivity contribution is -0.116. The van der Waals surface area contributed by atoms with Gasteiger partial charge in [-0.15, -0.1) is 0 Å². The van der Waals surface area contributed by atoms with E-state index in [9.17, 15) is 4.79 Å². The number of carbonyl (C=O) groups is 1. The summed E-state index contributed by atoms with van der Waals surface area (Å²) >= 11 is 5.39. The molecule has 0 spiro atoms. The van der Waals surface area contributed by atoms with Gasteiger partial charge in [0.15, 0.2) is 10.6 Å². The van der Waals surface area contributed by atoms with Crippen molar-refractivity contribution >= 4 is 29.5 Å². The lowest BCUT2D eigenvalue weighted by Gasteiger charge is -2.36. The number of H-pyrrole nitrogens is 1. The standard InChI is InChI=1S/C25H32N6OS/c1-4-29-13-15-30(16-14-29)22-10-9-21(17-19(22)3)26-23(32)11-12-31-24(27-28-25(31)33)20-7-5-18(2)6-8-20/h5-10,17H,4,11-16H2,1-3H3,(H,26,32)(H,28,33). The Labute approximate surface area is 200 Å². The predicted octanol–water partition coefficient (Wildman–Crippen LogP) is 4.40. The molecule has 0 unspecified atom stereocenters. The van der Waals surface area contributed by atoms with Crippen LogP contribution in [0.15, 0.2) is 42.5 Å². The number of rotatable bonds is 7.